The molecular weight excluding hydrogens is 390 g/mol. The minimum atomic E-state index is -1.42. The molecule has 0 fully saturated rings. The predicted molar refractivity (Wildman–Crippen MR) is 119 cm³/mol. The topological polar surface area (TPSA) is 86.3 Å². The first-order valence-electron chi connectivity index (χ1n) is 9.97. The van der Waals surface area contributed by atoms with Crippen LogP contribution in [0.2, 0.25) is 0 Å². The second-order valence-electron chi connectivity index (χ2n) is 7.69. The van der Waals surface area contributed by atoms with Gasteiger partial charge in [-0.1, -0.05) is 18.2 Å². The average molecular weight is 414 g/mol. The maximum atomic E-state index is 13.2. The number of rotatable bonds is 5. The van der Waals surface area contributed by atoms with Gasteiger partial charge in [-0.15, -0.1) is 0 Å². The first kappa shape index (κ1) is 22.0. The van der Waals surface area contributed by atoms with E-state index in [1.165, 1.54) is 23.8 Å². The third kappa shape index (κ3) is 4.12. The number of nitrogens with one attached hydrogen (secondary N) is 1. The zero-order chi connectivity index (χ0) is 22.9. The van der Waals surface area contributed by atoms with Crippen LogP contribution in [0.5, 0.6) is 0 Å². The number of carbonyl (C=O) groups is 3. The van der Waals surface area contributed by atoms with E-state index in [2.05, 4.69) is 12.2 Å². The summed E-state index contributed by atoms with van der Waals surface area (Å²) in [4.78, 5) is 37.0. The quantitative estimate of drug-likeness (QED) is 0.638. The van der Waals surface area contributed by atoms with Crippen molar-refractivity contribution in [3.63, 3.8) is 0 Å². The van der Waals surface area contributed by atoms with Crippen LogP contribution in [0.15, 0.2) is 48.5 Å². The SMILES string of the molecule is Cc1c(C)c(C)c(C(=O)c2ccc(NC(=O)c3ccccc3C(=O)[O-])cc2)c(C)c1C. The van der Waals surface area contributed by atoms with Gasteiger partial charge in [0.05, 0.1) is 5.97 Å². The molecule has 5 nitrogen and oxygen atoms in total. The van der Waals surface area contributed by atoms with E-state index in [1.807, 2.05) is 27.7 Å². The summed E-state index contributed by atoms with van der Waals surface area (Å²) < 4.78 is 0. The predicted octanol–water partition coefficient (Wildman–Crippen LogP) is 4.08. The highest BCUT2D eigenvalue weighted by Gasteiger charge is 2.19. The summed E-state index contributed by atoms with van der Waals surface area (Å²) in [6, 6.07) is 12.4. The van der Waals surface area contributed by atoms with Crippen molar-refractivity contribution in [2.24, 2.45) is 0 Å². The summed E-state index contributed by atoms with van der Waals surface area (Å²) in [5.74, 6) is -2.04. The second kappa shape index (κ2) is 8.56. The molecule has 0 unspecified atom stereocenters. The van der Waals surface area contributed by atoms with Crippen LogP contribution in [0.4, 0.5) is 5.69 Å². The van der Waals surface area contributed by atoms with Gasteiger partial charge in [-0.2, -0.15) is 0 Å². The number of hydrogen-bond acceptors (Lipinski definition) is 4. The molecule has 0 aliphatic rings. The molecule has 5 heteroatoms. The second-order valence-corrected chi connectivity index (χ2v) is 7.69. The molecule has 158 valence electrons. The van der Waals surface area contributed by atoms with Gasteiger partial charge in [0.2, 0.25) is 0 Å². The fraction of sp³-hybridized carbons (Fsp3) is 0.192. The molecule has 3 aromatic rings. The van der Waals surface area contributed by atoms with Crippen molar-refractivity contribution < 1.29 is 19.5 Å². The van der Waals surface area contributed by atoms with Gasteiger partial charge in [-0.25, -0.2) is 0 Å². The van der Waals surface area contributed by atoms with E-state index < -0.39 is 11.9 Å². The van der Waals surface area contributed by atoms with Gasteiger partial charge in [-0.05, 0) is 92.8 Å². The largest absolute Gasteiger partial charge is 0.545 e. The lowest BCUT2D eigenvalue weighted by atomic mass is 9.86. The first-order chi connectivity index (χ1) is 14.6. The van der Waals surface area contributed by atoms with Crippen molar-refractivity contribution in [2.45, 2.75) is 34.6 Å². The Bertz CT molecular complexity index is 1180. The summed E-state index contributed by atoms with van der Waals surface area (Å²) in [7, 11) is 0. The van der Waals surface area contributed by atoms with Crippen molar-refractivity contribution in [3.8, 4) is 0 Å². The lowest BCUT2D eigenvalue weighted by Gasteiger charge is -2.18. The van der Waals surface area contributed by atoms with Crippen LogP contribution in [0.25, 0.3) is 0 Å². The Morgan fingerprint density at radius 1 is 0.677 bits per heavy atom. The molecule has 0 saturated carbocycles. The van der Waals surface area contributed by atoms with Gasteiger partial charge in [-0.3, -0.25) is 9.59 Å². The summed E-state index contributed by atoms with van der Waals surface area (Å²) >= 11 is 0. The average Bonchev–Trinajstić information content (AvgIpc) is 2.76. The van der Waals surface area contributed by atoms with Crippen LogP contribution >= 0.6 is 0 Å². The van der Waals surface area contributed by atoms with Crippen LogP contribution in [0.3, 0.4) is 0 Å². The van der Waals surface area contributed by atoms with Crippen LogP contribution < -0.4 is 10.4 Å². The normalized spacial score (nSPS) is 10.6. The van der Waals surface area contributed by atoms with Crippen molar-refractivity contribution in [3.05, 3.63) is 98.6 Å². The number of anilines is 1. The monoisotopic (exact) mass is 414 g/mol. The van der Waals surface area contributed by atoms with Crippen molar-refractivity contribution in [2.75, 3.05) is 5.32 Å². The van der Waals surface area contributed by atoms with Gasteiger partial charge in [0.25, 0.3) is 5.91 Å². The Morgan fingerprint density at radius 2 is 1.16 bits per heavy atom. The lowest BCUT2D eigenvalue weighted by Crippen LogP contribution is -2.26. The molecule has 0 atom stereocenters. The molecule has 0 heterocycles. The lowest BCUT2D eigenvalue weighted by molar-refractivity contribution is -0.255. The molecule has 0 radical (unpaired) electrons. The molecule has 1 amide bonds. The Balaban J connectivity index is 1.87. The number of benzene rings is 3. The highest BCUT2D eigenvalue weighted by Crippen LogP contribution is 2.28. The smallest absolute Gasteiger partial charge is 0.256 e. The molecule has 0 bridgehead atoms. The van der Waals surface area contributed by atoms with E-state index in [4.69, 9.17) is 0 Å². The number of ketones is 1. The number of hydrogen-bond donors (Lipinski definition) is 1. The zero-order valence-corrected chi connectivity index (χ0v) is 18.3. The molecule has 31 heavy (non-hydrogen) atoms. The Morgan fingerprint density at radius 3 is 1.68 bits per heavy atom. The zero-order valence-electron chi connectivity index (χ0n) is 18.3. The van der Waals surface area contributed by atoms with E-state index in [-0.39, 0.29) is 16.9 Å². The van der Waals surface area contributed by atoms with Crippen LogP contribution in [0.1, 0.15) is 64.5 Å². The minimum Gasteiger partial charge on any atom is -0.545 e. The maximum absolute atomic E-state index is 13.2. The first-order valence-corrected chi connectivity index (χ1v) is 9.97. The molecule has 0 spiro atoms. The summed E-state index contributed by atoms with van der Waals surface area (Å²) in [6.45, 7) is 10.0. The van der Waals surface area contributed by atoms with Crippen LogP contribution in [-0.2, 0) is 0 Å². The van der Waals surface area contributed by atoms with E-state index in [0.29, 0.717) is 16.8 Å². The minimum absolute atomic E-state index is 0.0134. The van der Waals surface area contributed by atoms with Crippen molar-refractivity contribution in [1.82, 2.24) is 0 Å². The van der Waals surface area contributed by atoms with Gasteiger partial charge in [0, 0.05) is 27.9 Å². The Labute approximate surface area is 181 Å². The number of carboxylic acids is 1. The van der Waals surface area contributed by atoms with Crippen molar-refractivity contribution >= 4 is 23.3 Å². The number of aromatic carboxylic acids is 1. The van der Waals surface area contributed by atoms with E-state index >= 15 is 0 Å². The van der Waals surface area contributed by atoms with E-state index in [0.717, 1.165) is 22.3 Å². The number of carboxylic acid groups (broad SMARTS) is 1. The molecule has 0 aliphatic heterocycles. The summed E-state index contributed by atoms with van der Waals surface area (Å²) in [5.41, 5.74) is 6.89. The molecule has 1 N–H and O–H groups in total. The number of carbonyl (C=O) groups excluding carboxylic acids is 3. The van der Waals surface area contributed by atoms with Gasteiger partial charge in [0.1, 0.15) is 0 Å². The number of amides is 1. The Hall–Kier alpha value is -3.73. The molecule has 0 saturated heterocycles. The molecule has 0 aliphatic carbocycles. The van der Waals surface area contributed by atoms with Gasteiger partial charge < -0.3 is 15.2 Å². The Kier molecular flexibility index (Phi) is 6.07. The third-order valence-corrected chi connectivity index (χ3v) is 6.02. The van der Waals surface area contributed by atoms with E-state index in [1.54, 1.807) is 30.3 Å². The maximum Gasteiger partial charge on any atom is 0.256 e. The van der Waals surface area contributed by atoms with Crippen LogP contribution in [0, 0.1) is 34.6 Å². The molecular formula is C26H24NO4-. The highest BCUT2D eigenvalue weighted by molar-refractivity contribution is 6.12. The fourth-order valence-electron chi connectivity index (χ4n) is 3.75. The standard InChI is InChI=1S/C26H25NO4/c1-14-15(2)17(4)23(18(5)16(14)3)24(28)19-10-12-20(13-11-19)27-25(29)21-8-6-7-9-22(21)26(30)31/h6-13H,1-5H3,(H,27,29)(H,30,31)/p-1. The van der Waals surface area contributed by atoms with Crippen molar-refractivity contribution in [1.29, 1.82) is 0 Å². The fourth-order valence-corrected chi connectivity index (χ4v) is 3.75. The third-order valence-electron chi connectivity index (χ3n) is 6.02. The summed E-state index contributed by atoms with van der Waals surface area (Å²) in [5, 5.41) is 13.9. The molecule has 3 aromatic carbocycles. The highest BCUT2D eigenvalue weighted by atomic mass is 16.4. The summed E-state index contributed by atoms with van der Waals surface area (Å²) in [6.07, 6.45) is 0. The van der Waals surface area contributed by atoms with E-state index in [9.17, 15) is 19.5 Å². The molecule has 3 rings (SSSR count). The van der Waals surface area contributed by atoms with Gasteiger partial charge >= 0.3 is 0 Å². The van der Waals surface area contributed by atoms with Crippen LogP contribution in [-0.4, -0.2) is 17.7 Å². The van der Waals surface area contributed by atoms with Gasteiger partial charge in [0.15, 0.2) is 5.78 Å². The molecule has 0 aromatic heterocycles.